The smallest absolute Gasteiger partial charge is 0.190 e. The van der Waals surface area contributed by atoms with Gasteiger partial charge in [0.25, 0.3) is 0 Å². The lowest BCUT2D eigenvalue weighted by atomic mass is 10.2. The number of anilines is 2. The van der Waals surface area contributed by atoms with Crippen LogP contribution in [-0.2, 0) is 0 Å². The van der Waals surface area contributed by atoms with Crippen molar-refractivity contribution in [2.45, 2.75) is 0 Å². The molecule has 0 saturated heterocycles. The lowest BCUT2D eigenvalue weighted by Gasteiger charge is -2.15. The molecular weight excluding hydrogens is 339 g/mol. The van der Waals surface area contributed by atoms with Gasteiger partial charge in [0.05, 0.1) is 10.7 Å². The molecule has 0 aliphatic rings. The van der Waals surface area contributed by atoms with Gasteiger partial charge in [-0.25, -0.2) is 4.98 Å². The number of aromatic nitrogens is 1. The molecule has 0 bridgehead atoms. The van der Waals surface area contributed by atoms with E-state index in [2.05, 4.69) is 4.98 Å². The van der Waals surface area contributed by atoms with E-state index in [1.807, 2.05) is 35.5 Å². The fourth-order valence-corrected chi connectivity index (χ4v) is 3.34. The Kier molecular flexibility index (Phi) is 4.25. The van der Waals surface area contributed by atoms with Gasteiger partial charge in [-0.1, -0.05) is 23.2 Å². The van der Waals surface area contributed by atoms with Gasteiger partial charge in [0.1, 0.15) is 5.75 Å². The SMILES string of the molecule is CN(c1ccc(O)cc1)c1nc(-c2ccc(Cl)cc2Cl)cs1. The highest BCUT2D eigenvalue weighted by atomic mass is 35.5. The fourth-order valence-electron chi connectivity index (χ4n) is 2.03. The van der Waals surface area contributed by atoms with Gasteiger partial charge in [-0.2, -0.15) is 0 Å². The number of rotatable bonds is 3. The maximum atomic E-state index is 9.36. The first-order chi connectivity index (χ1) is 10.5. The predicted octanol–water partition coefficient (Wildman–Crippen LogP) is 5.59. The normalized spacial score (nSPS) is 10.7. The van der Waals surface area contributed by atoms with E-state index in [-0.39, 0.29) is 5.75 Å². The van der Waals surface area contributed by atoms with Crippen LogP contribution in [0.4, 0.5) is 10.8 Å². The Hall–Kier alpha value is -1.75. The van der Waals surface area contributed by atoms with Crippen molar-refractivity contribution in [2.75, 3.05) is 11.9 Å². The van der Waals surface area contributed by atoms with Crippen LogP contribution >= 0.6 is 34.5 Å². The second-order valence-corrected chi connectivity index (χ2v) is 6.40. The molecule has 1 aromatic heterocycles. The van der Waals surface area contributed by atoms with E-state index in [1.54, 1.807) is 24.3 Å². The number of phenolic OH excluding ortho intramolecular Hbond substituents is 1. The van der Waals surface area contributed by atoms with Crippen LogP contribution in [0.25, 0.3) is 11.3 Å². The number of thiazole rings is 1. The number of benzene rings is 2. The van der Waals surface area contributed by atoms with E-state index in [9.17, 15) is 5.11 Å². The monoisotopic (exact) mass is 350 g/mol. The summed E-state index contributed by atoms with van der Waals surface area (Å²) < 4.78 is 0. The van der Waals surface area contributed by atoms with Crippen LogP contribution in [0.3, 0.4) is 0 Å². The molecule has 0 atom stereocenters. The number of aromatic hydroxyl groups is 1. The first-order valence-electron chi connectivity index (χ1n) is 6.48. The van der Waals surface area contributed by atoms with Gasteiger partial charge in [0, 0.05) is 28.7 Å². The molecule has 3 nitrogen and oxygen atoms in total. The number of halogens is 2. The Morgan fingerprint density at radius 3 is 2.50 bits per heavy atom. The van der Waals surface area contributed by atoms with E-state index < -0.39 is 0 Å². The molecule has 0 spiro atoms. The lowest BCUT2D eigenvalue weighted by molar-refractivity contribution is 0.475. The zero-order valence-electron chi connectivity index (χ0n) is 11.6. The molecule has 22 heavy (non-hydrogen) atoms. The van der Waals surface area contributed by atoms with Gasteiger partial charge in [-0.05, 0) is 42.5 Å². The van der Waals surface area contributed by atoms with Crippen molar-refractivity contribution < 1.29 is 5.11 Å². The molecule has 3 aromatic rings. The average molecular weight is 351 g/mol. The molecule has 0 radical (unpaired) electrons. The van der Waals surface area contributed by atoms with Crippen LogP contribution in [0.15, 0.2) is 47.8 Å². The minimum atomic E-state index is 0.241. The summed E-state index contributed by atoms with van der Waals surface area (Å²) in [6, 6.07) is 12.3. The van der Waals surface area contributed by atoms with E-state index in [4.69, 9.17) is 23.2 Å². The zero-order valence-corrected chi connectivity index (χ0v) is 14.0. The molecule has 0 fully saturated rings. The molecule has 112 valence electrons. The molecule has 0 unspecified atom stereocenters. The van der Waals surface area contributed by atoms with E-state index in [1.165, 1.54) is 11.3 Å². The van der Waals surface area contributed by atoms with E-state index in [0.29, 0.717) is 10.0 Å². The zero-order chi connectivity index (χ0) is 15.7. The molecule has 1 N–H and O–H groups in total. The number of hydrogen-bond donors (Lipinski definition) is 1. The van der Waals surface area contributed by atoms with Gasteiger partial charge < -0.3 is 10.0 Å². The molecule has 2 aromatic carbocycles. The van der Waals surface area contributed by atoms with Crippen LogP contribution in [0.5, 0.6) is 5.75 Å². The highest BCUT2D eigenvalue weighted by molar-refractivity contribution is 7.14. The van der Waals surface area contributed by atoms with Crippen molar-refractivity contribution in [3.8, 4) is 17.0 Å². The Balaban J connectivity index is 1.91. The third-order valence-corrected chi connectivity index (χ3v) is 4.69. The van der Waals surface area contributed by atoms with Crippen LogP contribution in [-0.4, -0.2) is 17.1 Å². The van der Waals surface area contributed by atoms with E-state index >= 15 is 0 Å². The fraction of sp³-hybridized carbons (Fsp3) is 0.0625. The second kappa shape index (κ2) is 6.16. The highest BCUT2D eigenvalue weighted by Crippen LogP contribution is 2.35. The molecule has 3 rings (SSSR count). The highest BCUT2D eigenvalue weighted by Gasteiger charge is 2.12. The Labute approximate surface area is 142 Å². The number of hydrogen-bond acceptors (Lipinski definition) is 4. The van der Waals surface area contributed by atoms with Crippen molar-refractivity contribution in [1.82, 2.24) is 4.98 Å². The molecular formula is C16H12Cl2N2OS. The molecule has 0 aliphatic carbocycles. The average Bonchev–Trinajstić information content (AvgIpc) is 2.97. The number of nitrogens with zero attached hydrogens (tertiary/aromatic N) is 2. The Bertz CT molecular complexity index is 802. The maximum Gasteiger partial charge on any atom is 0.190 e. The number of phenols is 1. The van der Waals surface area contributed by atoms with Crippen molar-refractivity contribution in [1.29, 1.82) is 0 Å². The summed E-state index contributed by atoms with van der Waals surface area (Å²) >= 11 is 13.7. The minimum Gasteiger partial charge on any atom is -0.508 e. The first kappa shape index (κ1) is 15.2. The Morgan fingerprint density at radius 1 is 1.09 bits per heavy atom. The molecule has 0 aliphatic heterocycles. The second-order valence-electron chi connectivity index (χ2n) is 4.71. The van der Waals surface area contributed by atoms with Gasteiger partial charge in [0.15, 0.2) is 5.13 Å². The third-order valence-electron chi connectivity index (χ3n) is 3.22. The van der Waals surface area contributed by atoms with Crippen LogP contribution < -0.4 is 4.90 Å². The molecule has 0 saturated carbocycles. The molecule has 1 heterocycles. The third kappa shape index (κ3) is 3.04. The first-order valence-corrected chi connectivity index (χ1v) is 8.12. The quantitative estimate of drug-likeness (QED) is 0.668. The van der Waals surface area contributed by atoms with Crippen molar-refractivity contribution in [3.05, 3.63) is 57.9 Å². The van der Waals surface area contributed by atoms with E-state index in [0.717, 1.165) is 22.1 Å². The summed E-state index contributed by atoms with van der Waals surface area (Å²) in [7, 11) is 1.93. The van der Waals surface area contributed by atoms with Gasteiger partial charge >= 0.3 is 0 Å². The van der Waals surface area contributed by atoms with Gasteiger partial charge in [-0.15, -0.1) is 11.3 Å². The lowest BCUT2D eigenvalue weighted by Crippen LogP contribution is -2.08. The van der Waals surface area contributed by atoms with Crippen LogP contribution in [0, 0.1) is 0 Å². The minimum absolute atomic E-state index is 0.241. The summed E-state index contributed by atoms with van der Waals surface area (Å²) in [5, 5.41) is 13.3. The topological polar surface area (TPSA) is 36.4 Å². The van der Waals surface area contributed by atoms with Crippen molar-refractivity contribution in [3.63, 3.8) is 0 Å². The van der Waals surface area contributed by atoms with Gasteiger partial charge in [-0.3, -0.25) is 0 Å². The predicted molar refractivity (Wildman–Crippen MR) is 93.7 cm³/mol. The van der Waals surface area contributed by atoms with Gasteiger partial charge in [0.2, 0.25) is 0 Å². The summed E-state index contributed by atoms with van der Waals surface area (Å²) in [6.45, 7) is 0. The summed E-state index contributed by atoms with van der Waals surface area (Å²) in [4.78, 5) is 6.58. The van der Waals surface area contributed by atoms with Crippen LogP contribution in [0.2, 0.25) is 10.0 Å². The molecule has 0 amide bonds. The summed E-state index contributed by atoms with van der Waals surface area (Å²) in [6.07, 6.45) is 0. The standard InChI is InChI=1S/C16H12Cl2N2OS/c1-20(11-3-5-12(21)6-4-11)16-19-15(9-22-16)13-7-2-10(17)8-14(13)18/h2-9,21H,1H3. The molecule has 6 heteroatoms. The van der Waals surface area contributed by atoms with Crippen LogP contribution in [0.1, 0.15) is 0 Å². The largest absolute Gasteiger partial charge is 0.508 e. The summed E-state index contributed by atoms with van der Waals surface area (Å²) in [5.41, 5.74) is 2.61. The van der Waals surface area contributed by atoms with Crippen molar-refractivity contribution >= 4 is 45.4 Å². The van der Waals surface area contributed by atoms with Crippen molar-refractivity contribution in [2.24, 2.45) is 0 Å². The summed E-state index contributed by atoms with van der Waals surface area (Å²) in [5.74, 6) is 0.241. The maximum absolute atomic E-state index is 9.36. The Morgan fingerprint density at radius 2 is 1.82 bits per heavy atom.